The molecule has 0 spiro atoms. The molecule has 3 nitrogen and oxygen atoms in total. The molecule has 0 radical (unpaired) electrons. The van der Waals surface area contributed by atoms with Crippen LogP contribution < -0.4 is 0 Å². The summed E-state index contributed by atoms with van der Waals surface area (Å²) >= 11 is 0. The Morgan fingerprint density at radius 3 is 1.83 bits per heavy atom. The molecular formula is C8H18O3P+. The number of hydrogen-bond donors (Lipinski definition) is 0. The lowest BCUT2D eigenvalue weighted by Gasteiger charge is -2.36. The molecule has 1 saturated heterocycles. The maximum absolute atomic E-state index is 5.62. The van der Waals surface area contributed by atoms with Crippen LogP contribution in [0.5, 0.6) is 0 Å². The van der Waals surface area contributed by atoms with Gasteiger partial charge in [0.1, 0.15) is 11.2 Å². The predicted molar refractivity (Wildman–Crippen MR) is 50.3 cm³/mol. The van der Waals surface area contributed by atoms with Gasteiger partial charge in [-0.05, 0) is 27.7 Å². The molecule has 0 aromatic carbocycles. The minimum Gasteiger partial charge on any atom is -0.183 e. The highest BCUT2D eigenvalue weighted by molar-refractivity contribution is 7.41. The molecule has 0 unspecified atom stereocenters. The third-order valence-corrected chi connectivity index (χ3v) is 3.51. The highest BCUT2D eigenvalue weighted by atomic mass is 31.2. The summed E-state index contributed by atoms with van der Waals surface area (Å²) in [7, 11) is 0.130. The Morgan fingerprint density at radius 2 is 1.50 bits per heavy atom. The normalized spacial score (nSPS) is 28.8. The second-order valence-electron chi connectivity index (χ2n) is 4.35. The summed E-state index contributed by atoms with van der Waals surface area (Å²) in [5, 5.41) is 0. The molecule has 1 aliphatic rings. The van der Waals surface area contributed by atoms with Crippen molar-refractivity contribution in [2.45, 2.75) is 45.3 Å². The highest BCUT2D eigenvalue weighted by Gasteiger charge is 2.46. The molecule has 1 aliphatic heterocycles. The van der Waals surface area contributed by atoms with Crippen LogP contribution in [0.25, 0.3) is 0 Å². The zero-order valence-corrected chi connectivity index (χ0v) is 9.43. The quantitative estimate of drug-likeness (QED) is 0.599. The van der Waals surface area contributed by atoms with E-state index in [2.05, 4.69) is 27.7 Å². The predicted octanol–water partition coefficient (Wildman–Crippen LogP) is 2.59. The Morgan fingerprint density at radius 1 is 1.08 bits per heavy atom. The van der Waals surface area contributed by atoms with Gasteiger partial charge in [-0.1, -0.05) is 0 Å². The van der Waals surface area contributed by atoms with Crippen molar-refractivity contribution >= 4 is 8.60 Å². The van der Waals surface area contributed by atoms with Crippen molar-refractivity contribution in [1.82, 2.24) is 0 Å². The average Bonchev–Trinajstić information content (AvgIpc) is 1.80. The Kier molecular flexibility index (Phi) is 2.79. The fourth-order valence-corrected chi connectivity index (χ4v) is 2.91. The van der Waals surface area contributed by atoms with Gasteiger partial charge < -0.3 is 0 Å². The van der Waals surface area contributed by atoms with Crippen molar-refractivity contribution < 1.29 is 13.6 Å². The summed E-state index contributed by atoms with van der Waals surface area (Å²) in [5.74, 6) is 0. The molecule has 1 fully saturated rings. The molecule has 1 heterocycles. The van der Waals surface area contributed by atoms with Gasteiger partial charge in [0.15, 0.2) is 0 Å². The fourth-order valence-electron chi connectivity index (χ4n) is 1.65. The lowest BCUT2D eigenvalue weighted by Crippen LogP contribution is -2.40. The Labute approximate surface area is 75.4 Å². The lowest BCUT2D eigenvalue weighted by molar-refractivity contribution is -0.0659. The van der Waals surface area contributed by atoms with E-state index in [1.54, 1.807) is 7.11 Å². The van der Waals surface area contributed by atoms with Crippen LogP contribution in [-0.2, 0) is 13.6 Å². The highest BCUT2D eigenvalue weighted by Crippen LogP contribution is 2.53. The van der Waals surface area contributed by atoms with Crippen LogP contribution in [0.3, 0.4) is 0 Å². The maximum Gasteiger partial charge on any atom is 0.398 e. The smallest absolute Gasteiger partial charge is 0.183 e. The second-order valence-corrected chi connectivity index (χ2v) is 5.67. The molecule has 1 rings (SSSR count). The van der Waals surface area contributed by atoms with Gasteiger partial charge in [-0.25, -0.2) is 0 Å². The second kappa shape index (κ2) is 3.22. The van der Waals surface area contributed by atoms with Crippen LogP contribution in [0.1, 0.15) is 34.1 Å². The first kappa shape index (κ1) is 10.4. The minimum absolute atomic E-state index is 0.119. The third-order valence-electron chi connectivity index (χ3n) is 1.74. The molecule has 0 atom stereocenters. The van der Waals surface area contributed by atoms with E-state index in [0.717, 1.165) is 6.42 Å². The molecule has 4 heteroatoms. The third kappa shape index (κ3) is 2.67. The SMILES string of the molecule is CO[PH+]1OC(C)(C)CC(C)(C)O1. The van der Waals surface area contributed by atoms with Crippen LogP contribution in [0.15, 0.2) is 0 Å². The molecular weight excluding hydrogens is 175 g/mol. The van der Waals surface area contributed by atoms with Crippen LogP contribution >= 0.6 is 8.60 Å². The summed E-state index contributed by atoms with van der Waals surface area (Å²) in [5.41, 5.74) is -0.238. The molecule has 0 saturated carbocycles. The standard InChI is InChI=1S/C8H18O3P/c1-7(2)6-8(3,4)11-12(9-5)10-7/h12H,6H2,1-5H3/q+1. The topological polar surface area (TPSA) is 27.7 Å². The monoisotopic (exact) mass is 193 g/mol. The molecule has 0 aromatic heterocycles. The number of hydrogen-bond acceptors (Lipinski definition) is 3. The van der Waals surface area contributed by atoms with E-state index in [9.17, 15) is 0 Å². The van der Waals surface area contributed by atoms with Crippen LogP contribution in [-0.4, -0.2) is 18.3 Å². The van der Waals surface area contributed by atoms with Gasteiger partial charge in [-0.3, -0.25) is 0 Å². The number of rotatable bonds is 1. The summed E-state index contributed by atoms with van der Waals surface area (Å²) in [6.45, 7) is 8.28. The Hall–Kier alpha value is 0.310. The first-order chi connectivity index (χ1) is 5.35. The van der Waals surface area contributed by atoms with Crippen molar-refractivity contribution in [1.29, 1.82) is 0 Å². The van der Waals surface area contributed by atoms with Crippen molar-refractivity contribution in [3.8, 4) is 0 Å². The van der Waals surface area contributed by atoms with E-state index in [4.69, 9.17) is 13.6 Å². The molecule has 0 amide bonds. The van der Waals surface area contributed by atoms with Gasteiger partial charge in [-0.15, -0.1) is 0 Å². The molecule has 0 aromatic rings. The average molecular weight is 193 g/mol. The Balaban J connectivity index is 2.66. The van der Waals surface area contributed by atoms with E-state index in [1.807, 2.05) is 0 Å². The van der Waals surface area contributed by atoms with Crippen molar-refractivity contribution in [3.63, 3.8) is 0 Å². The van der Waals surface area contributed by atoms with Crippen molar-refractivity contribution in [2.75, 3.05) is 7.11 Å². The van der Waals surface area contributed by atoms with Crippen molar-refractivity contribution in [3.05, 3.63) is 0 Å². The fraction of sp³-hybridized carbons (Fsp3) is 1.00. The molecule has 0 bridgehead atoms. The summed E-state index contributed by atoms with van der Waals surface area (Å²) in [4.78, 5) is 0. The summed E-state index contributed by atoms with van der Waals surface area (Å²) in [6.07, 6.45) is 0.900. The van der Waals surface area contributed by atoms with Gasteiger partial charge in [0.05, 0.1) is 7.11 Å². The molecule has 72 valence electrons. The minimum atomic E-state index is -1.50. The van der Waals surface area contributed by atoms with Gasteiger partial charge in [0.2, 0.25) is 0 Å². The Bertz CT molecular complexity index is 152. The van der Waals surface area contributed by atoms with Crippen LogP contribution in [0, 0.1) is 0 Å². The molecule has 0 N–H and O–H groups in total. The zero-order valence-electron chi connectivity index (χ0n) is 8.43. The van der Waals surface area contributed by atoms with Crippen LogP contribution in [0.4, 0.5) is 0 Å². The summed E-state index contributed by atoms with van der Waals surface area (Å²) < 4.78 is 16.4. The van der Waals surface area contributed by atoms with Crippen LogP contribution in [0.2, 0.25) is 0 Å². The van der Waals surface area contributed by atoms with Gasteiger partial charge in [-0.2, -0.15) is 13.6 Å². The maximum atomic E-state index is 5.62. The lowest BCUT2D eigenvalue weighted by atomic mass is 9.93. The largest absolute Gasteiger partial charge is 0.398 e. The zero-order chi connectivity index (χ0) is 9.41. The van der Waals surface area contributed by atoms with E-state index in [1.165, 1.54) is 0 Å². The van der Waals surface area contributed by atoms with E-state index in [0.29, 0.717) is 0 Å². The van der Waals surface area contributed by atoms with E-state index in [-0.39, 0.29) is 11.2 Å². The van der Waals surface area contributed by atoms with E-state index >= 15 is 0 Å². The first-order valence-corrected chi connectivity index (χ1v) is 5.36. The van der Waals surface area contributed by atoms with Gasteiger partial charge >= 0.3 is 8.60 Å². The van der Waals surface area contributed by atoms with E-state index < -0.39 is 8.60 Å². The summed E-state index contributed by atoms with van der Waals surface area (Å²) in [6, 6.07) is 0. The molecule has 0 aliphatic carbocycles. The van der Waals surface area contributed by atoms with Crippen molar-refractivity contribution in [2.24, 2.45) is 0 Å². The first-order valence-electron chi connectivity index (χ1n) is 4.14. The van der Waals surface area contributed by atoms with Gasteiger partial charge in [0, 0.05) is 6.42 Å². The van der Waals surface area contributed by atoms with Gasteiger partial charge in [0.25, 0.3) is 0 Å². The molecule has 12 heavy (non-hydrogen) atoms.